The highest BCUT2D eigenvalue weighted by molar-refractivity contribution is 5.58. The monoisotopic (exact) mass is 404 g/mol. The van der Waals surface area contributed by atoms with Gasteiger partial charge in [0.1, 0.15) is 11.5 Å². The zero-order chi connectivity index (χ0) is 21.1. The Bertz CT molecular complexity index is 1210. The van der Waals surface area contributed by atoms with Crippen molar-refractivity contribution in [3.05, 3.63) is 71.0 Å². The second-order valence-corrected chi connectivity index (χ2v) is 6.79. The molecule has 0 aliphatic carbocycles. The molecule has 2 aromatic carbocycles. The van der Waals surface area contributed by atoms with Crippen LogP contribution in [0.5, 0.6) is 11.5 Å². The molecule has 0 saturated carbocycles. The van der Waals surface area contributed by atoms with E-state index in [1.807, 2.05) is 56.3 Å². The molecule has 30 heavy (non-hydrogen) atoms. The summed E-state index contributed by atoms with van der Waals surface area (Å²) in [6.45, 7) is 3.93. The summed E-state index contributed by atoms with van der Waals surface area (Å²) in [5.41, 5.74) is 1.23. The van der Waals surface area contributed by atoms with Crippen LogP contribution < -0.4 is 14.9 Å². The Kier molecular flexibility index (Phi) is 5.30. The molecular formula is C22H20N4O4. The Hall–Kier alpha value is -3.94. The first-order chi connectivity index (χ1) is 14.5. The molecule has 0 spiro atoms. The van der Waals surface area contributed by atoms with Crippen molar-refractivity contribution in [1.82, 2.24) is 19.9 Å². The van der Waals surface area contributed by atoms with E-state index in [0.717, 1.165) is 17.0 Å². The molecule has 0 unspecified atom stereocenters. The first-order valence-corrected chi connectivity index (χ1v) is 9.39. The molecule has 0 N–H and O–H groups in total. The molecule has 8 heteroatoms. The van der Waals surface area contributed by atoms with Crippen molar-refractivity contribution in [2.45, 2.75) is 20.0 Å². The molecule has 0 aliphatic heterocycles. The third-order valence-electron chi connectivity index (χ3n) is 4.24. The van der Waals surface area contributed by atoms with Crippen LogP contribution in [0.2, 0.25) is 0 Å². The molecule has 8 nitrogen and oxygen atoms in total. The van der Waals surface area contributed by atoms with Gasteiger partial charge in [-0.3, -0.25) is 4.79 Å². The van der Waals surface area contributed by atoms with Crippen molar-refractivity contribution < 1.29 is 14.0 Å². The number of benzene rings is 2. The molecule has 2 aromatic heterocycles. The molecule has 2 heterocycles. The Morgan fingerprint density at radius 3 is 2.57 bits per heavy atom. The maximum atomic E-state index is 12.4. The van der Waals surface area contributed by atoms with Crippen molar-refractivity contribution in [2.24, 2.45) is 0 Å². The second kappa shape index (κ2) is 8.20. The van der Waals surface area contributed by atoms with Crippen molar-refractivity contribution in [3.8, 4) is 40.2 Å². The van der Waals surface area contributed by atoms with Gasteiger partial charge in [0.2, 0.25) is 11.3 Å². The summed E-state index contributed by atoms with van der Waals surface area (Å²) in [6, 6.07) is 16.1. The van der Waals surface area contributed by atoms with Crippen molar-refractivity contribution >= 4 is 0 Å². The second-order valence-electron chi connectivity index (χ2n) is 6.79. The Labute approximate surface area is 172 Å². The molecule has 0 bridgehead atoms. The molecule has 152 valence electrons. The third-order valence-corrected chi connectivity index (χ3v) is 4.24. The van der Waals surface area contributed by atoms with Crippen LogP contribution >= 0.6 is 0 Å². The van der Waals surface area contributed by atoms with Crippen LogP contribution in [0.25, 0.3) is 28.7 Å². The summed E-state index contributed by atoms with van der Waals surface area (Å²) < 4.78 is 17.8. The lowest BCUT2D eigenvalue weighted by Gasteiger charge is -2.09. The SMILES string of the molecule is COc1cccc(-n2ccc(=O)c(-c3nc(-c4ccc(OC(C)C)cc4)no3)n2)c1. The minimum atomic E-state index is -0.315. The van der Waals surface area contributed by atoms with E-state index in [9.17, 15) is 4.79 Å². The van der Waals surface area contributed by atoms with Crippen molar-refractivity contribution in [3.63, 3.8) is 0 Å². The largest absolute Gasteiger partial charge is 0.497 e. The van der Waals surface area contributed by atoms with E-state index in [2.05, 4.69) is 15.2 Å². The van der Waals surface area contributed by atoms with E-state index in [1.54, 1.807) is 24.1 Å². The molecule has 0 fully saturated rings. The lowest BCUT2D eigenvalue weighted by molar-refractivity contribution is 0.242. The normalized spacial score (nSPS) is 10.9. The number of rotatable bonds is 6. The number of ether oxygens (including phenoxy) is 2. The standard InChI is InChI=1S/C22H20N4O4/c1-14(2)29-17-9-7-15(8-10-17)21-23-22(30-25-21)20-19(27)11-12-26(24-20)16-5-4-6-18(13-16)28-3/h4-14H,1-3H3. The number of methoxy groups -OCH3 is 1. The van der Waals surface area contributed by atoms with Gasteiger partial charge in [0.15, 0.2) is 5.69 Å². The summed E-state index contributed by atoms with van der Waals surface area (Å²) in [6.07, 6.45) is 1.66. The first-order valence-electron chi connectivity index (χ1n) is 9.39. The molecular weight excluding hydrogens is 384 g/mol. The van der Waals surface area contributed by atoms with Crippen LogP contribution in [0.15, 0.2) is 70.1 Å². The third kappa shape index (κ3) is 4.07. The van der Waals surface area contributed by atoms with Gasteiger partial charge in [-0.25, -0.2) is 4.68 Å². The van der Waals surface area contributed by atoms with E-state index < -0.39 is 0 Å². The molecule has 4 aromatic rings. The Balaban J connectivity index is 1.65. The van der Waals surface area contributed by atoms with E-state index in [4.69, 9.17) is 14.0 Å². The average Bonchev–Trinajstić information content (AvgIpc) is 3.24. The Morgan fingerprint density at radius 2 is 1.83 bits per heavy atom. The van der Waals surface area contributed by atoms with Crippen LogP contribution in [0.1, 0.15) is 13.8 Å². The van der Waals surface area contributed by atoms with Crippen LogP contribution in [0.4, 0.5) is 0 Å². The van der Waals surface area contributed by atoms with Crippen molar-refractivity contribution in [2.75, 3.05) is 7.11 Å². The van der Waals surface area contributed by atoms with Gasteiger partial charge in [-0.2, -0.15) is 10.1 Å². The first kappa shape index (κ1) is 19.4. The molecule has 0 aliphatic rings. The van der Waals surface area contributed by atoms with Crippen molar-refractivity contribution in [1.29, 1.82) is 0 Å². The number of nitrogens with zero attached hydrogens (tertiary/aromatic N) is 4. The predicted octanol–water partition coefficient (Wildman–Crippen LogP) is 3.75. The molecule has 4 rings (SSSR count). The topological polar surface area (TPSA) is 92.3 Å². The van der Waals surface area contributed by atoms with Gasteiger partial charge in [-0.05, 0) is 50.2 Å². The maximum absolute atomic E-state index is 12.4. The lowest BCUT2D eigenvalue weighted by Crippen LogP contribution is -2.12. The number of aromatic nitrogens is 4. The van der Waals surface area contributed by atoms with Gasteiger partial charge in [-0.1, -0.05) is 11.2 Å². The summed E-state index contributed by atoms with van der Waals surface area (Å²) in [7, 11) is 1.59. The summed E-state index contributed by atoms with van der Waals surface area (Å²) >= 11 is 0. The number of hydrogen-bond donors (Lipinski definition) is 0. The molecule has 0 saturated heterocycles. The summed E-state index contributed by atoms with van der Waals surface area (Å²) in [4.78, 5) is 16.7. The van der Waals surface area contributed by atoms with E-state index in [0.29, 0.717) is 11.6 Å². The number of hydrogen-bond acceptors (Lipinski definition) is 7. The quantitative estimate of drug-likeness (QED) is 0.483. The van der Waals surface area contributed by atoms with Crippen LogP contribution in [0.3, 0.4) is 0 Å². The fourth-order valence-electron chi connectivity index (χ4n) is 2.84. The zero-order valence-electron chi connectivity index (χ0n) is 16.8. The minimum Gasteiger partial charge on any atom is -0.497 e. The summed E-state index contributed by atoms with van der Waals surface area (Å²) in [5, 5.41) is 8.36. The van der Waals surface area contributed by atoms with Gasteiger partial charge in [0.05, 0.1) is 18.9 Å². The predicted molar refractivity (Wildman–Crippen MR) is 111 cm³/mol. The zero-order valence-corrected chi connectivity index (χ0v) is 16.8. The fourth-order valence-corrected chi connectivity index (χ4v) is 2.84. The van der Waals surface area contributed by atoms with Gasteiger partial charge >= 0.3 is 0 Å². The van der Waals surface area contributed by atoms with E-state index >= 15 is 0 Å². The average molecular weight is 404 g/mol. The van der Waals surface area contributed by atoms with Crippen LogP contribution in [0, 0.1) is 0 Å². The molecule has 0 atom stereocenters. The highest BCUT2D eigenvalue weighted by Gasteiger charge is 2.16. The van der Waals surface area contributed by atoms with E-state index in [-0.39, 0.29) is 23.1 Å². The minimum absolute atomic E-state index is 0.0507. The van der Waals surface area contributed by atoms with Crippen LogP contribution in [-0.2, 0) is 0 Å². The summed E-state index contributed by atoms with van der Waals surface area (Å²) in [5.74, 6) is 1.84. The van der Waals surface area contributed by atoms with E-state index in [1.165, 1.54) is 6.07 Å². The van der Waals surface area contributed by atoms with Crippen LogP contribution in [-0.4, -0.2) is 33.1 Å². The smallest absolute Gasteiger partial charge is 0.282 e. The lowest BCUT2D eigenvalue weighted by atomic mass is 10.2. The fraction of sp³-hybridized carbons (Fsp3) is 0.182. The Morgan fingerprint density at radius 1 is 1.03 bits per heavy atom. The van der Waals surface area contributed by atoms with Gasteiger partial charge in [0.25, 0.3) is 5.89 Å². The molecule has 0 radical (unpaired) electrons. The maximum Gasteiger partial charge on any atom is 0.282 e. The highest BCUT2D eigenvalue weighted by Crippen LogP contribution is 2.23. The van der Waals surface area contributed by atoms with Gasteiger partial charge in [0, 0.05) is 23.9 Å². The van der Waals surface area contributed by atoms with Gasteiger partial charge in [-0.15, -0.1) is 0 Å². The van der Waals surface area contributed by atoms with Gasteiger partial charge < -0.3 is 14.0 Å². The molecule has 0 amide bonds. The highest BCUT2D eigenvalue weighted by atomic mass is 16.5.